The van der Waals surface area contributed by atoms with Crippen molar-refractivity contribution in [3.05, 3.63) is 29.0 Å². The molecule has 1 saturated carbocycles. The molecule has 0 amide bonds. The van der Waals surface area contributed by atoms with Crippen molar-refractivity contribution in [3.63, 3.8) is 0 Å². The Morgan fingerprint density at radius 3 is 2.89 bits per heavy atom. The molecular weight excluding hydrogens is 322 g/mol. The molecule has 5 heteroatoms. The summed E-state index contributed by atoms with van der Waals surface area (Å²) >= 11 is 9.16. The fourth-order valence-electron chi connectivity index (χ4n) is 1.83. The summed E-state index contributed by atoms with van der Waals surface area (Å²) in [4.78, 5) is 0.311. The van der Waals surface area contributed by atoms with E-state index in [1.807, 2.05) is 0 Å². The van der Waals surface area contributed by atoms with E-state index in [2.05, 4.69) is 22.9 Å². The van der Waals surface area contributed by atoms with Gasteiger partial charge in [-0.1, -0.05) is 34.5 Å². The van der Waals surface area contributed by atoms with Gasteiger partial charge in [0.2, 0.25) is 0 Å². The summed E-state index contributed by atoms with van der Waals surface area (Å²) in [6.45, 7) is 2.77. The Kier molecular flexibility index (Phi) is 4.87. The number of hydrogen-bond donors (Lipinski definition) is 0. The van der Waals surface area contributed by atoms with Crippen LogP contribution in [0.15, 0.2) is 18.2 Å². The lowest BCUT2D eigenvalue weighted by Crippen LogP contribution is -2.52. The molecule has 0 heterocycles. The van der Waals surface area contributed by atoms with Crippen LogP contribution in [0.2, 0.25) is 5.02 Å². The highest BCUT2D eigenvalue weighted by Gasteiger charge is 2.42. The molecule has 0 aromatic heterocycles. The lowest BCUT2D eigenvalue weighted by Gasteiger charge is -2.40. The fraction of sp³-hybridized carbons (Fsp3) is 0.538. The van der Waals surface area contributed by atoms with Crippen LogP contribution >= 0.6 is 27.5 Å². The molecule has 0 aliphatic heterocycles. The quantitative estimate of drug-likeness (QED) is 0.750. The van der Waals surface area contributed by atoms with Crippen LogP contribution in [0.4, 0.5) is 4.39 Å². The Bertz CT molecular complexity index is 416. The van der Waals surface area contributed by atoms with Gasteiger partial charge in [0.25, 0.3) is 0 Å². The second-order valence-electron chi connectivity index (χ2n) is 4.32. The number of halogens is 3. The third-order valence-corrected chi connectivity index (χ3v) is 4.07. The normalized spacial score (nSPS) is 26.8. The second kappa shape index (κ2) is 6.22. The molecule has 0 bridgehead atoms. The molecule has 100 valence electrons. The molecule has 1 aliphatic carbocycles. The van der Waals surface area contributed by atoms with Gasteiger partial charge in [-0.05, 0) is 18.6 Å². The molecule has 2 rings (SSSR count). The van der Waals surface area contributed by atoms with E-state index in [9.17, 15) is 4.39 Å². The van der Waals surface area contributed by atoms with E-state index < -0.39 is 5.82 Å². The van der Waals surface area contributed by atoms with Crippen molar-refractivity contribution < 1.29 is 13.9 Å². The van der Waals surface area contributed by atoms with E-state index in [1.165, 1.54) is 12.1 Å². The number of rotatable bonds is 5. The monoisotopic (exact) mass is 336 g/mol. The lowest BCUT2D eigenvalue weighted by molar-refractivity contribution is -0.0762. The molecular formula is C13H15BrClFO2. The fourth-order valence-corrected chi connectivity index (χ4v) is 2.81. The Morgan fingerprint density at radius 1 is 1.50 bits per heavy atom. The molecule has 3 atom stereocenters. The van der Waals surface area contributed by atoms with E-state index in [0.717, 1.165) is 12.8 Å². The first-order valence-corrected chi connectivity index (χ1v) is 7.28. The molecule has 0 radical (unpaired) electrons. The standard InChI is InChI=1S/C13H15BrClFO2/c1-2-5-17-13-9(14)7-12(13)18-8-3-4-10(15)11(16)6-8/h3-4,6,9,12-13H,2,5,7H2,1H3. The van der Waals surface area contributed by atoms with Crippen molar-refractivity contribution in [2.45, 2.75) is 36.8 Å². The minimum absolute atomic E-state index is 0.0264. The third-order valence-electron chi connectivity index (χ3n) is 2.87. The van der Waals surface area contributed by atoms with Gasteiger partial charge in [0.1, 0.15) is 23.8 Å². The lowest BCUT2D eigenvalue weighted by atomic mass is 9.91. The van der Waals surface area contributed by atoms with Crippen LogP contribution in [0, 0.1) is 5.82 Å². The van der Waals surface area contributed by atoms with Crippen LogP contribution in [-0.4, -0.2) is 23.6 Å². The van der Waals surface area contributed by atoms with Crippen molar-refractivity contribution in [2.24, 2.45) is 0 Å². The molecule has 0 spiro atoms. The number of ether oxygens (including phenoxy) is 2. The van der Waals surface area contributed by atoms with E-state index in [4.69, 9.17) is 21.1 Å². The van der Waals surface area contributed by atoms with Gasteiger partial charge in [-0.3, -0.25) is 0 Å². The first-order chi connectivity index (χ1) is 8.61. The SMILES string of the molecule is CCCOC1C(Br)CC1Oc1ccc(Cl)c(F)c1. The smallest absolute Gasteiger partial charge is 0.145 e. The first-order valence-electron chi connectivity index (χ1n) is 5.99. The van der Waals surface area contributed by atoms with Crippen molar-refractivity contribution in [1.29, 1.82) is 0 Å². The summed E-state index contributed by atoms with van der Waals surface area (Å²) in [7, 11) is 0. The van der Waals surface area contributed by atoms with E-state index >= 15 is 0 Å². The van der Waals surface area contributed by atoms with Crippen LogP contribution in [0.25, 0.3) is 0 Å². The van der Waals surface area contributed by atoms with Crippen LogP contribution < -0.4 is 4.74 Å². The topological polar surface area (TPSA) is 18.5 Å². The zero-order valence-electron chi connectivity index (χ0n) is 10.0. The molecule has 1 fully saturated rings. The van der Waals surface area contributed by atoms with E-state index in [-0.39, 0.29) is 17.2 Å². The van der Waals surface area contributed by atoms with E-state index in [1.54, 1.807) is 6.07 Å². The minimum Gasteiger partial charge on any atom is -0.488 e. The summed E-state index contributed by atoms with van der Waals surface area (Å²) in [6, 6.07) is 4.48. The maximum Gasteiger partial charge on any atom is 0.145 e. The third kappa shape index (κ3) is 3.16. The number of benzene rings is 1. The van der Waals surface area contributed by atoms with Gasteiger partial charge in [-0.2, -0.15) is 0 Å². The zero-order valence-corrected chi connectivity index (χ0v) is 12.4. The van der Waals surface area contributed by atoms with Crippen molar-refractivity contribution in [3.8, 4) is 5.75 Å². The van der Waals surface area contributed by atoms with Gasteiger partial charge >= 0.3 is 0 Å². The molecule has 1 aromatic rings. The predicted molar refractivity (Wildman–Crippen MR) is 73.2 cm³/mol. The number of hydrogen-bond acceptors (Lipinski definition) is 2. The summed E-state index contributed by atoms with van der Waals surface area (Å²) in [5.41, 5.74) is 0. The molecule has 1 aromatic carbocycles. The minimum atomic E-state index is -0.463. The molecule has 0 N–H and O–H groups in total. The number of alkyl halides is 1. The highest BCUT2D eigenvalue weighted by Crippen LogP contribution is 2.34. The van der Waals surface area contributed by atoms with E-state index in [0.29, 0.717) is 17.2 Å². The summed E-state index contributed by atoms with van der Waals surface area (Å²) in [6.07, 6.45) is 1.84. The summed E-state index contributed by atoms with van der Waals surface area (Å²) in [5, 5.41) is 0.105. The average Bonchev–Trinajstić information content (AvgIpc) is 2.33. The maximum atomic E-state index is 13.3. The van der Waals surface area contributed by atoms with Gasteiger partial charge in [0.05, 0.1) is 5.02 Å². The van der Waals surface area contributed by atoms with Crippen molar-refractivity contribution in [1.82, 2.24) is 0 Å². The van der Waals surface area contributed by atoms with Gasteiger partial charge in [0, 0.05) is 23.9 Å². The molecule has 3 unspecified atom stereocenters. The summed E-state index contributed by atoms with van der Waals surface area (Å²) < 4.78 is 24.7. The Labute approximate surface area is 120 Å². The van der Waals surface area contributed by atoms with Gasteiger partial charge in [0.15, 0.2) is 0 Å². The van der Waals surface area contributed by atoms with Gasteiger partial charge in [-0.15, -0.1) is 0 Å². The van der Waals surface area contributed by atoms with Gasteiger partial charge < -0.3 is 9.47 Å². The van der Waals surface area contributed by atoms with Crippen molar-refractivity contribution >= 4 is 27.5 Å². The predicted octanol–water partition coefficient (Wildman–Crippen LogP) is 4.19. The molecule has 18 heavy (non-hydrogen) atoms. The second-order valence-corrected chi connectivity index (χ2v) is 5.90. The molecule has 2 nitrogen and oxygen atoms in total. The zero-order chi connectivity index (χ0) is 13.1. The molecule has 1 aliphatic rings. The van der Waals surface area contributed by atoms with Crippen LogP contribution in [0.3, 0.4) is 0 Å². The Hall–Kier alpha value is -0.320. The Balaban J connectivity index is 1.94. The van der Waals surface area contributed by atoms with Crippen LogP contribution in [0.5, 0.6) is 5.75 Å². The van der Waals surface area contributed by atoms with Gasteiger partial charge in [-0.25, -0.2) is 4.39 Å². The maximum absolute atomic E-state index is 13.3. The molecule has 0 saturated heterocycles. The van der Waals surface area contributed by atoms with Crippen LogP contribution in [0.1, 0.15) is 19.8 Å². The average molecular weight is 338 g/mol. The van der Waals surface area contributed by atoms with Crippen LogP contribution in [-0.2, 0) is 4.74 Å². The summed E-state index contributed by atoms with van der Waals surface area (Å²) in [5.74, 6) is 0.0290. The first kappa shape index (κ1) is 14.1. The van der Waals surface area contributed by atoms with Crippen molar-refractivity contribution in [2.75, 3.05) is 6.61 Å². The highest BCUT2D eigenvalue weighted by atomic mass is 79.9. The largest absolute Gasteiger partial charge is 0.488 e. The Morgan fingerprint density at radius 2 is 2.28 bits per heavy atom. The highest BCUT2D eigenvalue weighted by molar-refractivity contribution is 9.09.